The first kappa shape index (κ1) is 23.9. The van der Waals surface area contributed by atoms with E-state index in [1.807, 2.05) is 6.92 Å². The molecule has 0 aliphatic carbocycles. The minimum atomic E-state index is -1.08. The summed E-state index contributed by atoms with van der Waals surface area (Å²) in [5.74, 6) is 0.738. The van der Waals surface area contributed by atoms with Gasteiger partial charge in [0.1, 0.15) is 6.10 Å². The minimum absolute atomic E-state index is 0.245. The van der Waals surface area contributed by atoms with Crippen LogP contribution in [0.2, 0.25) is 0 Å². The molecule has 1 saturated heterocycles. The van der Waals surface area contributed by atoms with Gasteiger partial charge in [0.05, 0.1) is 6.61 Å². The Labute approximate surface area is 165 Å². The van der Waals surface area contributed by atoms with Gasteiger partial charge in [-0.15, -0.1) is 12.3 Å². The number of terminal acetylenes is 1. The highest BCUT2D eigenvalue weighted by atomic mass is 16.7. The van der Waals surface area contributed by atoms with E-state index in [0.29, 0.717) is 25.9 Å². The Morgan fingerprint density at radius 1 is 0.964 bits per heavy atom. The smallest absolute Gasteiger partial charge is 0.303 e. The zero-order chi connectivity index (χ0) is 21.1. The fraction of sp³-hybridized carbons (Fsp3) is 0.737. The van der Waals surface area contributed by atoms with Crippen molar-refractivity contribution in [3.63, 3.8) is 0 Å². The van der Waals surface area contributed by atoms with E-state index in [9.17, 15) is 14.4 Å². The molecule has 1 N–H and O–H groups in total. The van der Waals surface area contributed by atoms with Crippen LogP contribution in [0.15, 0.2) is 0 Å². The van der Waals surface area contributed by atoms with Gasteiger partial charge in [0.15, 0.2) is 24.6 Å². The lowest BCUT2D eigenvalue weighted by Crippen LogP contribution is -2.61. The van der Waals surface area contributed by atoms with Crippen LogP contribution in [0.25, 0.3) is 0 Å². The number of hydrogen-bond acceptors (Lipinski definition) is 9. The number of rotatable bonds is 10. The van der Waals surface area contributed by atoms with Crippen LogP contribution >= 0.6 is 0 Å². The summed E-state index contributed by atoms with van der Waals surface area (Å²) >= 11 is 0. The lowest BCUT2D eigenvalue weighted by atomic mass is 9.96. The summed E-state index contributed by atoms with van der Waals surface area (Å²) in [6, 6.07) is 0. The topological polar surface area (TPSA) is 109 Å². The summed E-state index contributed by atoms with van der Waals surface area (Å²) in [5.41, 5.74) is 0. The maximum absolute atomic E-state index is 11.6. The van der Waals surface area contributed by atoms with Crippen molar-refractivity contribution in [3.8, 4) is 12.3 Å². The first-order valence-electron chi connectivity index (χ1n) is 9.23. The fourth-order valence-corrected chi connectivity index (χ4v) is 2.85. The van der Waals surface area contributed by atoms with Crippen LogP contribution < -0.4 is 5.32 Å². The maximum atomic E-state index is 11.6. The summed E-state index contributed by atoms with van der Waals surface area (Å²) in [5, 5.41) is 3.10. The van der Waals surface area contributed by atoms with E-state index >= 15 is 0 Å². The van der Waals surface area contributed by atoms with E-state index in [0.717, 1.165) is 0 Å². The van der Waals surface area contributed by atoms with Gasteiger partial charge >= 0.3 is 17.9 Å². The predicted molar refractivity (Wildman–Crippen MR) is 97.9 cm³/mol. The van der Waals surface area contributed by atoms with Crippen LogP contribution in [-0.4, -0.2) is 68.3 Å². The molecule has 1 aliphatic heterocycles. The van der Waals surface area contributed by atoms with Crippen molar-refractivity contribution in [2.45, 2.75) is 71.2 Å². The Balaban J connectivity index is 2.96. The molecule has 5 atom stereocenters. The highest BCUT2D eigenvalue weighted by Gasteiger charge is 2.51. The molecule has 1 fully saturated rings. The highest BCUT2D eigenvalue weighted by Crippen LogP contribution is 2.30. The van der Waals surface area contributed by atoms with Gasteiger partial charge in [-0.05, 0) is 6.42 Å². The molecule has 0 radical (unpaired) electrons. The van der Waals surface area contributed by atoms with E-state index in [1.165, 1.54) is 20.8 Å². The molecule has 9 nitrogen and oxygen atoms in total. The van der Waals surface area contributed by atoms with Gasteiger partial charge < -0.3 is 29.0 Å². The van der Waals surface area contributed by atoms with Crippen molar-refractivity contribution in [1.82, 2.24) is 5.32 Å². The monoisotopic (exact) mass is 399 g/mol. The second-order valence-corrected chi connectivity index (χ2v) is 6.25. The standard InChI is InChI=1S/C19H29NO8/c1-6-8-9-20-10-11-24-19-18(27-14(5)23)17(26-13(4)22)16(25-12(3)21)15(7-2)28-19/h1,15-20H,7-11H2,2-5H3. The molecule has 158 valence electrons. The molecule has 1 aliphatic rings. The number of hydrogen-bond donors (Lipinski definition) is 1. The molecular weight excluding hydrogens is 370 g/mol. The maximum Gasteiger partial charge on any atom is 0.303 e. The van der Waals surface area contributed by atoms with Gasteiger partial charge in [-0.3, -0.25) is 14.4 Å². The average molecular weight is 399 g/mol. The van der Waals surface area contributed by atoms with Gasteiger partial charge in [-0.25, -0.2) is 0 Å². The Morgan fingerprint density at radius 3 is 2.07 bits per heavy atom. The third-order valence-electron chi connectivity index (χ3n) is 3.91. The zero-order valence-electron chi connectivity index (χ0n) is 16.8. The summed E-state index contributed by atoms with van der Waals surface area (Å²) in [4.78, 5) is 34.8. The summed E-state index contributed by atoms with van der Waals surface area (Å²) in [7, 11) is 0. The SMILES string of the molecule is C#CCCNCCOC1OC(CC)C(OC(C)=O)C(OC(C)=O)C1OC(C)=O. The third kappa shape index (κ3) is 7.84. The van der Waals surface area contributed by atoms with E-state index in [4.69, 9.17) is 30.1 Å². The largest absolute Gasteiger partial charge is 0.456 e. The van der Waals surface area contributed by atoms with Crippen LogP contribution in [0.5, 0.6) is 0 Å². The second-order valence-electron chi connectivity index (χ2n) is 6.25. The molecule has 28 heavy (non-hydrogen) atoms. The quantitative estimate of drug-likeness (QED) is 0.244. The summed E-state index contributed by atoms with van der Waals surface area (Å²) in [6.45, 7) is 6.89. The molecule has 5 unspecified atom stereocenters. The van der Waals surface area contributed by atoms with Crippen molar-refractivity contribution in [2.75, 3.05) is 19.7 Å². The Bertz CT molecular complexity index is 573. The Hall–Kier alpha value is -2.15. The van der Waals surface area contributed by atoms with Crippen LogP contribution in [0.1, 0.15) is 40.5 Å². The number of ether oxygens (including phenoxy) is 5. The second kappa shape index (κ2) is 12.3. The normalized spacial score (nSPS) is 26.8. The van der Waals surface area contributed by atoms with E-state index in [-0.39, 0.29) is 6.61 Å². The van der Waals surface area contributed by atoms with Crippen molar-refractivity contribution in [1.29, 1.82) is 0 Å². The number of carbonyl (C=O) groups excluding carboxylic acids is 3. The first-order valence-corrected chi connectivity index (χ1v) is 9.23. The molecule has 0 aromatic carbocycles. The molecule has 9 heteroatoms. The van der Waals surface area contributed by atoms with Gasteiger partial charge in [-0.2, -0.15) is 0 Å². The van der Waals surface area contributed by atoms with Crippen molar-refractivity contribution in [3.05, 3.63) is 0 Å². The van der Waals surface area contributed by atoms with Gasteiger partial charge in [0.25, 0.3) is 0 Å². The van der Waals surface area contributed by atoms with Gasteiger partial charge in [0, 0.05) is 40.3 Å². The molecular formula is C19H29NO8. The van der Waals surface area contributed by atoms with Gasteiger partial charge in [-0.1, -0.05) is 6.92 Å². The van der Waals surface area contributed by atoms with Crippen molar-refractivity contribution < 1.29 is 38.1 Å². The Morgan fingerprint density at radius 2 is 1.54 bits per heavy atom. The predicted octanol–water partition coefficient (Wildman–Crippen LogP) is 0.546. The molecule has 1 heterocycles. The van der Waals surface area contributed by atoms with Crippen LogP contribution in [0, 0.1) is 12.3 Å². The number of nitrogens with one attached hydrogen (secondary N) is 1. The van der Waals surface area contributed by atoms with E-state index in [2.05, 4.69) is 11.2 Å². The van der Waals surface area contributed by atoms with Crippen LogP contribution in [0.3, 0.4) is 0 Å². The third-order valence-corrected chi connectivity index (χ3v) is 3.91. The fourth-order valence-electron chi connectivity index (χ4n) is 2.85. The molecule has 0 saturated carbocycles. The molecule has 1 rings (SSSR count). The molecule has 0 bridgehead atoms. The summed E-state index contributed by atoms with van der Waals surface area (Å²) in [6.07, 6.45) is 1.59. The van der Waals surface area contributed by atoms with Gasteiger partial charge in [0.2, 0.25) is 0 Å². The Kier molecular flexibility index (Phi) is 10.5. The first-order chi connectivity index (χ1) is 13.3. The average Bonchev–Trinajstić information content (AvgIpc) is 2.61. The minimum Gasteiger partial charge on any atom is -0.456 e. The van der Waals surface area contributed by atoms with Crippen LogP contribution in [-0.2, 0) is 38.1 Å². The number of esters is 3. The molecule has 0 amide bonds. The summed E-state index contributed by atoms with van der Waals surface area (Å²) < 4.78 is 27.6. The van der Waals surface area contributed by atoms with E-state index < -0.39 is 48.6 Å². The zero-order valence-corrected chi connectivity index (χ0v) is 16.8. The lowest BCUT2D eigenvalue weighted by Gasteiger charge is -2.44. The molecule has 0 aromatic heterocycles. The van der Waals surface area contributed by atoms with Crippen LogP contribution in [0.4, 0.5) is 0 Å². The lowest BCUT2D eigenvalue weighted by molar-refractivity contribution is -0.303. The van der Waals surface area contributed by atoms with Crippen molar-refractivity contribution >= 4 is 17.9 Å². The van der Waals surface area contributed by atoms with Crippen molar-refractivity contribution in [2.24, 2.45) is 0 Å². The van der Waals surface area contributed by atoms with E-state index in [1.54, 1.807) is 0 Å². The number of carbonyl (C=O) groups is 3. The molecule has 0 spiro atoms. The molecule has 0 aromatic rings. The highest BCUT2D eigenvalue weighted by molar-refractivity contribution is 5.68.